The molecular formula is C17H23NS. The Balaban J connectivity index is 2.30. The smallest absolute Gasteiger partial charge is 0.0671 e. The molecule has 0 bridgehead atoms. The Morgan fingerprint density at radius 1 is 1.16 bits per heavy atom. The normalized spacial score (nSPS) is 12.6. The number of hydrogen-bond donors (Lipinski definition) is 1. The predicted octanol–water partition coefficient (Wildman–Crippen LogP) is 4.71. The fraction of sp³-hybridized carbons (Fsp3) is 0.412. The zero-order valence-corrected chi connectivity index (χ0v) is 12.9. The molecule has 1 unspecified atom stereocenters. The maximum Gasteiger partial charge on any atom is 0.0671 e. The molecule has 0 aliphatic heterocycles. The molecule has 1 nitrogen and oxygen atoms in total. The number of thiophene rings is 1. The van der Waals surface area contributed by atoms with E-state index in [4.69, 9.17) is 0 Å². The first-order valence-electron chi connectivity index (χ1n) is 7.13. The third-order valence-corrected chi connectivity index (χ3v) is 4.34. The van der Waals surface area contributed by atoms with E-state index in [1.165, 1.54) is 27.3 Å². The van der Waals surface area contributed by atoms with Gasteiger partial charge in [-0.15, -0.1) is 11.3 Å². The second-order valence-corrected chi connectivity index (χ2v) is 6.25. The summed E-state index contributed by atoms with van der Waals surface area (Å²) in [6.45, 7) is 7.56. The molecule has 2 rings (SSSR count). The molecule has 102 valence electrons. The maximum atomic E-state index is 3.61. The Bertz CT molecular complexity index is 515. The van der Waals surface area contributed by atoms with Gasteiger partial charge in [-0.25, -0.2) is 0 Å². The van der Waals surface area contributed by atoms with Gasteiger partial charge in [0, 0.05) is 9.75 Å². The van der Waals surface area contributed by atoms with Gasteiger partial charge in [0.15, 0.2) is 0 Å². The SMILES string of the molecule is CCCc1cccc(C(NCC)c2ccc(C)s2)c1. The summed E-state index contributed by atoms with van der Waals surface area (Å²) in [7, 11) is 0. The van der Waals surface area contributed by atoms with E-state index in [1.807, 2.05) is 11.3 Å². The second kappa shape index (κ2) is 6.88. The van der Waals surface area contributed by atoms with Crippen LogP contribution in [0.4, 0.5) is 0 Å². The molecule has 0 radical (unpaired) electrons. The lowest BCUT2D eigenvalue weighted by molar-refractivity contribution is 0.639. The summed E-state index contributed by atoms with van der Waals surface area (Å²) in [5, 5.41) is 3.61. The van der Waals surface area contributed by atoms with Gasteiger partial charge in [0.25, 0.3) is 0 Å². The van der Waals surface area contributed by atoms with Crippen LogP contribution in [-0.2, 0) is 6.42 Å². The van der Waals surface area contributed by atoms with Crippen LogP contribution in [-0.4, -0.2) is 6.54 Å². The van der Waals surface area contributed by atoms with E-state index in [9.17, 15) is 0 Å². The first-order valence-corrected chi connectivity index (χ1v) is 7.94. The van der Waals surface area contributed by atoms with Gasteiger partial charge in [-0.1, -0.05) is 44.5 Å². The fourth-order valence-corrected chi connectivity index (χ4v) is 3.39. The number of nitrogens with one attached hydrogen (secondary N) is 1. The van der Waals surface area contributed by atoms with Crippen LogP contribution >= 0.6 is 11.3 Å². The summed E-state index contributed by atoms with van der Waals surface area (Å²) < 4.78 is 0. The molecule has 1 aromatic heterocycles. The Morgan fingerprint density at radius 2 is 2.00 bits per heavy atom. The van der Waals surface area contributed by atoms with Crippen molar-refractivity contribution in [2.75, 3.05) is 6.54 Å². The fourth-order valence-electron chi connectivity index (χ4n) is 2.41. The molecule has 0 saturated heterocycles. The van der Waals surface area contributed by atoms with Gasteiger partial charge in [0.1, 0.15) is 0 Å². The third-order valence-electron chi connectivity index (χ3n) is 3.28. The van der Waals surface area contributed by atoms with Crippen LogP contribution < -0.4 is 5.32 Å². The minimum Gasteiger partial charge on any atom is -0.306 e. The van der Waals surface area contributed by atoms with Gasteiger partial charge in [0.05, 0.1) is 6.04 Å². The summed E-state index contributed by atoms with van der Waals surface area (Å²) in [6, 6.07) is 13.8. The van der Waals surface area contributed by atoms with Crippen LogP contribution in [0.5, 0.6) is 0 Å². The number of hydrogen-bond acceptors (Lipinski definition) is 2. The van der Waals surface area contributed by atoms with Gasteiger partial charge in [-0.05, 0) is 43.1 Å². The first kappa shape index (κ1) is 14.3. The van der Waals surface area contributed by atoms with E-state index < -0.39 is 0 Å². The van der Waals surface area contributed by atoms with Gasteiger partial charge in [0.2, 0.25) is 0 Å². The van der Waals surface area contributed by atoms with Crippen molar-refractivity contribution >= 4 is 11.3 Å². The molecule has 1 heterocycles. The molecule has 19 heavy (non-hydrogen) atoms. The maximum absolute atomic E-state index is 3.61. The molecule has 2 heteroatoms. The van der Waals surface area contributed by atoms with Crippen molar-refractivity contribution in [2.24, 2.45) is 0 Å². The average molecular weight is 273 g/mol. The summed E-state index contributed by atoms with van der Waals surface area (Å²) >= 11 is 1.89. The third kappa shape index (κ3) is 3.68. The highest BCUT2D eigenvalue weighted by molar-refractivity contribution is 7.12. The molecule has 0 fully saturated rings. The van der Waals surface area contributed by atoms with Gasteiger partial charge < -0.3 is 5.32 Å². The van der Waals surface area contributed by atoms with Crippen LogP contribution in [0.15, 0.2) is 36.4 Å². The van der Waals surface area contributed by atoms with Crippen LogP contribution in [0.1, 0.15) is 47.2 Å². The van der Waals surface area contributed by atoms with E-state index in [-0.39, 0.29) is 0 Å². The molecular weight excluding hydrogens is 250 g/mol. The van der Waals surface area contributed by atoms with Crippen molar-refractivity contribution in [2.45, 2.75) is 39.7 Å². The second-order valence-electron chi connectivity index (χ2n) is 4.93. The molecule has 0 spiro atoms. The monoisotopic (exact) mass is 273 g/mol. The first-order chi connectivity index (χ1) is 9.24. The lowest BCUT2D eigenvalue weighted by Crippen LogP contribution is -2.21. The lowest BCUT2D eigenvalue weighted by Gasteiger charge is -2.18. The van der Waals surface area contributed by atoms with E-state index in [0.29, 0.717) is 6.04 Å². The Morgan fingerprint density at radius 3 is 2.63 bits per heavy atom. The van der Waals surface area contributed by atoms with E-state index in [2.05, 4.69) is 62.5 Å². The highest BCUT2D eigenvalue weighted by Gasteiger charge is 2.14. The van der Waals surface area contributed by atoms with Gasteiger partial charge in [-0.3, -0.25) is 0 Å². The topological polar surface area (TPSA) is 12.0 Å². The molecule has 1 aromatic carbocycles. The molecule has 0 saturated carbocycles. The number of rotatable bonds is 6. The van der Waals surface area contributed by atoms with E-state index in [0.717, 1.165) is 13.0 Å². The van der Waals surface area contributed by atoms with E-state index >= 15 is 0 Å². The van der Waals surface area contributed by atoms with Crippen molar-refractivity contribution in [1.82, 2.24) is 5.32 Å². The summed E-state index contributed by atoms with van der Waals surface area (Å²) in [4.78, 5) is 2.79. The molecule has 0 aliphatic carbocycles. The molecule has 0 amide bonds. The van der Waals surface area contributed by atoms with Crippen LogP contribution in [0.3, 0.4) is 0 Å². The predicted molar refractivity (Wildman–Crippen MR) is 85.0 cm³/mol. The van der Waals surface area contributed by atoms with Crippen molar-refractivity contribution in [3.8, 4) is 0 Å². The molecule has 0 aliphatic rings. The zero-order chi connectivity index (χ0) is 13.7. The van der Waals surface area contributed by atoms with E-state index in [1.54, 1.807) is 0 Å². The van der Waals surface area contributed by atoms with Crippen molar-refractivity contribution < 1.29 is 0 Å². The zero-order valence-electron chi connectivity index (χ0n) is 12.1. The Kier molecular flexibility index (Phi) is 5.17. The largest absolute Gasteiger partial charge is 0.306 e. The highest BCUT2D eigenvalue weighted by Crippen LogP contribution is 2.28. The molecule has 2 aromatic rings. The van der Waals surface area contributed by atoms with Crippen molar-refractivity contribution in [1.29, 1.82) is 0 Å². The quantitative estimate of drug-likeness (QED) is 0.804. The minimum atomic E-state index is 0.334. The van der Waals surface area contributed by atoms with Crippen molar-refractivity contribution in [3.05, 3.63) is 57.3 Å². The van der Waals surface area contributed by atoms with Crippen LogP contribution in [0.25, 0.3) is 0 Å². The Hall–Kier alpha value is -1.12. The molecule has 1 N–H and O–H groups in total. The number of benzene rings is 1. The highest BCUT2D eigenvalue weighted by atomic mass is 32.1. The van der Waals surface area contributed by atoms with Gasteiger partial charge in [-0.2, -0.15) is 0 Å². The summed E-state index contributed by atoms with van der Waals surface area (Å²) in [6.07, 6.45) is 2.36. The average Bonchev–Trinajstić information content (AvgIpc) is 2.83. The van der Waals surface area contributed by atoms with Crippen molar-refractivity contribution in [3.63, 3.8) is 0 Å². The number of aryl methyl sites for hydroxylation is 2. The summed E-state index contributed by atoms with van der Waals surface area (Å²) in [5.74, 6) is 0. The minimum absolute atomic E-state index is 0.334. The Labute approximate surface area is 120 Å². The molecule has 1 atom stereocenters. The van der Waals surface area contributed by atoms with Crippen LogP contribution in [0.2, 0.25) is 0 Å². The summed E-state index contributed by atoms with van der Waals surface area (Å²) in [5.41, 5.74) is 2.82. The van der Waals surface area contributed by atoms with Gasteiger partial charge >= 0.3 is 0 Å². The lowest BCUT2D eigenvalue weighted by atomic mass is 10.0. The standard InChI is InChI=1S/C17H23NS/c1-4-7-14-8-6-9-15(12-14)17(18-5-2)16-11-10-13(3)19-16/h6,8-12,17-18H,4-5,7H2,1-3H3. The van der Waals surface area contributed by atoms with Crippen LogP contribution in [0, 0.1) is 6.92 Å².